The summed E-state index contributed by atoms with van der Waals surface area (Å²) in [4.78, 5) is 2.46. The molecule has 0 aliphatic carbocycles. The van der Waals surface area contributed by atoms with Crippen LogP contribution in [-0.2, 0) is 6.54 Å². The van der Waals surface area contributed by atoms with Crippen molar-refractivity contribution in [2.24, 2.45) is 0 Å². The van der Waals surface area contributed by atoms with Gasteiger partial charge in [0.05, 0.1) is 5.02 Å². The number of nitrogens with zero attached hydrogens (tertiary/aromatic N) is 1. The van der Waals surface area contributed by atoms with E-state index in [1.54, 1.807) is 6.07 Å². The normalized spacial score (nSPS) is 31.8. The van der Waals surface area contributed by atoms with E-state index < -0.39 is 0 Å². The van der Waals surface area contributed by atoms with Crippen LogP contribution in [-0.4, -0.2) is 22.4 Å². The van der Waals surface area contributed by atoms with E-state index in [9.17, 15) is 4.39 Å². The molecular formula is C14H16Cl2FN. The molecule has 0 N–H and O–H groups in total. The summed E-state index contributed by atoms with van der Waals surface area (Å²) in [5.41, 5.74) is 0.890. The number of rotatable bonds is 2. The minimum absolute atomic E-state index is 0.268. The second kappa shape index (κ2) is 4.99. The molecule has 2 heterocycles. The predicted octanol–water partition coefficient (Wildman–Crippen LogP) is 4.21. The molecule has 2 saturated heterocycles. The molecule has 4 heteroatoms. The highest BCUT2D eigenvalue weighted by molar-refractivity contribution is 6.31. The topological polar surface area (TPSA) is 3.24 Å². The fourth-order valence-corrected chi connectivity index (χ4v) is 3.93. The SMILES string of the molecule is Fc1cccc(CN2C3CCC2CC(Cl)C3)c1Cl. The van der Waals surface area contributed by atoms with E-state index in [-0.39, 0.29) is 10.8 Å². The first-order chi connectivity index (χ1) is 8.65. The first-order valence-electron chi connectivity index (χ1n) is 6.48. The number of hydrogen-bond donors (Lipinski definition) is 0. The Kier molecular flexibility index (Phi) is 3.52. The lowest BCUT2D eigenvalue weighted by atomic mass is 10.0. The number of alkyl halides is 1. The van der Waals surface area contributed by atoms with Crippen LogP contribution in [0.2, 0.25) is 5.02 Å². The molecule has 3 rings (SSSR count). The molecule has 0 spiro atoms. The maximum Gasteiger partial charge on any atom is 0.142 e. The average molecular weight is 288 g/mol. The van der Waals surface area contributed by atoms with Crippen LogP contribution in [0, 0.1) is 5.82 Å². The van der Waals surface area contributed by atoms with E-state index in [1.807, 2.05) is 6.07 Å². The molecule has 1 nitrogen and oxygen atoms in total. The predicted molar refractivity (Wildman–Crippen MR) is 72.6 cm³/mol. The zero-order valence-electron chi connectivity index (χ0n) is 10.1. The standard InChI is InChI=1S/C14H16Cl2FN/c15-10-6-11-4-5-12(7-10)18(11)8-9-2-1-3-13(17)14(9)16/h1-3,10-12H,4-8H2. The highest BCUT2D eigenvalue weighted by Crippen LogP contribution is 2.39. The van der Waals surface area contributed by atoms with Crippen molar-refractivity contribution in [3.63, 3.8) is 0 Å². The minimum atomic E-state index is -0.325. The molecule has 0 radical (unpaired) electrons. The third-order valence-corrected chi connectivity index (χ3v) is 4.99. The lowest BCUT2D eigenvalue weighted by Gasteiger charge is -2.37. The summed E-state index contributed by atoms with van der Waals surface area (Å²) < 4.78 is 13.4. The number of hydrogen-bond acceptors (Lipinski definition) is 1. The zero-order valence-corrected chi connectivity index (χ0v) is 11.6. The Labute approximate surface area is 117 Å². The Balaban J connectivity index is 1.79. The van der Waals surface area contributed by atoms with Gasteiger partial charge in [0.1, 0.15) is 5.82 Å². The van der Waals surface area contributed by atoms with Gasteiger partial charge < -0.3 is 0 Å². The number of halogens is 3. The van der Waals surface area contributed by atoms with Crippen molar-refractivity contribution < 1.29 is 4.39 Å². The molecule has 2 fully saturated rings. The second-order valence-electron chi connectivity index (χ2n) is 5.34. The van der Waals surface area contributed by atoms with Crippen LogP contribution in [0.3, 0.4) is 0 Å². The Bertz CT molecular complexity index is 437. The monoisotopic (exact) mass is 287 g/mol. The Morgan fingerprint density at radius 1 is 1.22 bits per heavy atom. The van der Waals surface area contributed by atoms with Gasteiger partial charge in [-0.05, 0) is 37.3 Å². The summed E-state index contributed by atoms with van der Waals surface area (Å²) in [6.07, 6.45) is 4.51. The van der Waals surface area contributed by atoms with Crippen LogP contribution in [0.25, 0.3) is 0 Å². The van der Waals surface area contributed by atoms with Crippen LogP contribution in [0.1, 0.15) is 31.2 Å². The van der Waals surface area contributed by atoms with E-state index >= 15 is 0 Å². The maximum atomic E-state index is 13.4. The van der Waals surface area contributed by atoms with E-state index in [2.05, 4.69) is 4.90 Å². The van der Waals surface area contributed by atoms with Gasteiger partial charge >= 0.3 is 0 Å². The first kappa shape index (κ1) is 12.7. The molecule has 1 aromatic carbocycles. The van der Waals surface area contributed by atoms with Crippen LogP contribution in [0.15, 0.2) is 18.2 Å². The molecule has 2 unspecified atom stereocenters. The van der Waals surface area contributed by atoms with Crippen LogP contribution < -0.4 is 0 Å². The van der Waals surface area contributed by atoms with E-state index in [4.69, 9.17) is 23.2 Å². The molecule has 2 aliphatic heterocycles. The molecule has 1 aromatic rings. The smallest absolute Gasteiger partial charge is 0.142 e. The first-order valence-corrected chi connectivity index (χ1v) is 7.29. The highest BCUT2D eigenvalue weighted by atomic mass is 35.5. The van der Waals surface area contributed by atoms with E-state index in [0.717, 1.165) is 24.9 Å². The largest absolute Gasteiger partial charge is 0.293 e. The second-order valence-corrected chi connectivity index (χ2v) is 6.33. The molecule has 2 aliphatic rings. The van der Waals surface area contributed by atoms with Crippen molar-refractivity contribution in [2.75, 3.05) is 0 Å². The van der Waals surface area contributed by atoms with Crippen LogP contribution in [0.4, 0.5) is 4.39 Å². The van der Waals surface area contributed by atoms with E-state index in [1.165, 1.54) is 18.9 Å². The minimum Gasteiger partial charge on any atom is -0.293 e. The zero-order chi connectivity index (χ0) is 12.7. The van der Waals surface area contributed by atoms with E-state index in [0.29, 0.717) is 17.5 Å². The Morgan fingerprint density at radius 2 is 1.89 bits per heavy atom. The third-order valence-electron chi connectivity index (χ3n) is 4.21. The molecule has 0 saturated carbocycles. The molecule has 2 atom stereocenters. The third kappa shape index (κ3) is 2.26. The number of fused-ring (bicyclic) bond motifs is 2. The summed E-state index contributed by atoms with van der Waals surface area (Å²) >= 11 is 12.3. The highest BCUT2D eigenvalue weighted by Gasteiger charge is 2.40. The molecule has 98 valence electrons. The molecule has 0 amide bonds. The van der Waals surface area contributed by atoms with Gasteiger partial charge in [-0.1, -0.05) is 23.7 Å². The van der Waals surface area contributed by atoms with Crippen molar-refractivity contribution in [3.8, 4) is 0 Å². The maximum absolute atomic E-state index is 13.4. The lowest BCUT2D eigenvalue weighted by Crippen LogP contribution is -2.42. The van der Waals surface area contributed by atoms with Gasteiger partial charge in [0.15, 0.2) is 0 Å². The molecule has 18 heavy (non-hydrogen) atoms. The fourth-order valence-electron chi connectivity index (χ4n) is 3.33. The molecule has 0 aromatic heterocycles. The van der Waals surface area contributed by atoms with Crippen molar-refractivity contribution in [1.82, 2.24) is 4.90 Å². The fraction of sp³-hybridized carbons (Fsp3) is 0.571. The summed E-state index contributed by atoms with van der Waals surface area (Å²) in [6.45, 7) is 0.746. The average Bonchev–Trinajstić information content (AvgIpc) is 2.58. The molecule has 2 bridgehead atoms. The van der Waals surface area contributed by atoms with Crippen molar-refractivity contribution >= 4 is 23.2 Å². The quantitative estimate of drug-likeness (QED) is 0.737. The summed E-state index contributed by atoms with van der Waals surface area (Å²) in [5, 5.41) is 0.576. The van der Waals surface area contributed by atoms with Gasteiger partial charge in [0.2, 0.25) is 0 Å². The van der Waals surface area contributed by atoms with Gasteiger partial charge in [0.25, 0.3) is 0 Å². The van der Waals surface area contributed by atoms with Crippen LogP contribution in [0.5, 0.6) is 0 Å². The number of benzene rings is 1. The van der Waals surface area contributed by atoms with Gasteiger partial charge in [-0.2, -0.15) is 0 Å². The van der Waals surface area contributed by atoms with Gasteiger partial charge in [-0.25, -0.2) is 4.39 Å². The van der Waals surface area contributed by atoms with Crippen molar-refractivity contribution in [2.45, 2.75) is 49.7 Å². The van der Waals surface area contributed by atoms with Gasteiger partial charge in [0, 0.05) is 24.0 Å². The van der Waals surface area contributed by atoms with Gasteiger partial charge in [-0.3, -0.25) is 4.90 Å². The van der Waals surface area contributed by atoms with Crippen molar-refractivity contribution in [3.05, 3.63) is 34.6 Å². The lowest BCUT2D eigenvalue weighted by molar-refractivity contribution is 0.134. The summed E-state index contributed by atoms with van der Waals surface area (Å²) in [5.74, 6) is -0.325. The summed E-state index contributed by atoms with van der Waals surface area (Å²) in [7, 11) is 0. The Morgan fingerprint density at radius 3 is 2.56 bits per heavy atom. The van der Waals surface area contributed by atoms with Crippen molar-refractivity contribution in [1.29, 1.82) is 0 Å². The molecular weight excluding hydrogens is 272 g/mol. The van der Waals surface area contributed by atoms with Gasteiger partial charge in [-0.15, -0.1) is 11.6 Å². The number of piperidine rings is 1. The summed E-state index contributed by atoms with van der Waals surface area (Å²) in [6, 6.07) is 6.15. The Hall–Kier alpha value is -0.310. The van der Waals surface area contributed by atoms with Crippen LogP contribution >= 0.6 is 23.2 Å².